The van der Waals surface area contributed by atoms with E-state index in [-0.39, 0.29) is 6.61 Å². The van der Waals surface area contributed by atoms with Gasteiger partial charge in [0.2, 0.25) is 6.43 Å². The number of ether oxygens (including phenoxy) is 1. The molecule has 6 heteroatoms. The number of aliphatic hydroxyl groups excluding tert-OH is 1. The second-order valence-corrected chi connectivity index (χ2v) is 5.27. The van der Waals surface area contributed by atoms with E-state index in [9.17, 15) is 17.6 Å². The Morgan fingerprint density at radius 2 is 1.53 bits per heavy atom. The predicted molar refractivity (Wildman–Crippen MR) is 56.4 cm³/mol. The fraction of sp³-hybridized carbons (Fsp3) is 1.00. The van der Waals surface area contributed by atoms with Crippen molar-refractivity contribution in [1.82, 2.24) is 0 Å². The lowest BCUT2D eigenvalue weighted by Crippen LogP contribution is -2.57. The van der Waals surface area contributed by atoms with E-state index in [2.05, 4.69) is 0 Å². The summed E-state index contributed by atoms with van der Waals surface area (Å²) in [5.41, 5.74) is -4.58. The Labute approximate surface area is 99.0 Å². The molecule has 0 amide bonds. The van der Waals surface area contributed by atoms with Crippen LogP contribution in [-0.2, 0) is 4.74 Å². The zero-order chi connectivity index (χ0) is 14.1. The van der Waals surface area contributed by atoms with Crippen molar-refractivity contribution in [1.29, 1.82) is 0 Å². The van der Waals surface area contributed by atoms with Crippen LogP contribution in [0.15, 0.2) is 0 Å². The molecule has 0 radical (unpaired) electrons. The van der Waals surface area contributed by atoms with Crippen LogP contribution in [0.1, 0.15) is 34.6 Å². The summed E-state index contributed by atoms with van der Waals surface area (Å²) >= 11 is 0. The molecule has 0 aliphatic rings. The minimum Gasteiger partial charge on any atom is -0.391 e. The first-order valence-corrected chi connectivity index (χ1v) is 5.34. The molecule has 17 heavy (non-hydrogen) atoms. The summed E-state index contributed by atoms with van der Waals surface area (Å²) in [5.74, 6) is -3.73. The molecule has 0 aromatic carbocycles. The van der Waals surface area contributed by atoms with E-state index in [4.69, 9.17) is 9.84 Å². The molecule has 1 unspecified atom stereocenters. The molecular formula is C11H20F4O2. The van der Waals surface area contributed by atoms with Crippen molar-refractivity contribution in [2.24, 2.45) is 5.41 Å². The molecule has 0 aliphatic carbocycles. The molecule has 1 atom stereocenters. The van der Waals surface area contributed by atoms with E-state index in [0.717, 1.165) is 27.7 Å². The molecule has 0 spiro atoms. The normalized spacial score (nSPS) is 16.4. The molecule has 0 rings (SSSR count). The van der Waals surface area contributed by atoms with Crippen LogP contribution in [0.5, 0.6) is 0 Å². The van der Waals surface area contributed by atoms with Crippen molar-refractivity contribution >= 4 is 0 Å². The fourth-order valence-electron chi connectivity index (χ4n) is 1.33. The summed E-state index contributed by atoms with van der Waals surface area (Å²) < 4.78 is 58.2. The molecule has 0 saturated carbocycles. The maximum Gasteiger partial charge on any atom is 0.286 e. The van der Waals surface area contributed by atoms with E-state index in [0.29, 0.717) is 0 Å². The van der Waals surface area contributed by atoms with Gasteiger partial charge in [-0.15, -0.1) is 0 Å². The minimum atomic E-state index is -3.73. The third-order valence-electron chi connectivity index (χ3n) is 2.80. The van der Waals surface area contributed by atoms with Crippen LogP contribution in [0.2, 0.25) is 0 Å². The molecule has 2 nitrogen and oxygen atoms in total. The lowest BCUT2D eigenvalue weighted by molar-refractivity contribution is -0.272. The van der Waals surface area contributed by atoms with Gasteiger partial charge in [0.1, 0.15) is 5.60 Å². The van der Waals surface area contributed by atoms with Gasteiger partial charge in [-0.3, -0.25) is 0 Å². The zero-order valence-corrected chi connectivity index (χ0v) is 10.7. The zero-order valence-electron chi connectivity index (χ0n) is 10.7. The maximum absolute atomic E-state index is 14.0. The smallest absolute Gasteiger partial charge is 0.286 e. The average Bonchev–Trinajstić information content (AvgIpc) is 2.14. The highest BCUT2D eigenvalue weighted by molar-refractivity contribution is 4.99. The van der Waals surface area contributed by atoms with Gasteiger partial charge in [0.05, 0.1) is 18.1 Å². The molecule has 0 aliphatic heterocycles. The molecule has 0 bridgehead atoms. The van der Waals surface area contributed by atoms with Gasteiger partial charge in [0.25, 0.3) is 5.92 Å². The molecule has 0 aromatic heterocycles. The SMILES string of the molecule is CC(O)COC(C)(C)C(F)(F)C(C)(C)C(F)F. The van der Waals surface area contributed by atoms with Crippen LogP contribution in [0, 0.1) is 5.41 Å². The Kier molecular flexibility index (Phi) is 4.99. The topological polar surface area (TPSA) is 29.5 Å². The molecule has 0 saturated heterocycles. The standard InChI is InChI=1S/C11H20F4O2/c1-7(16)6-17-10(4,5)11(14,15)9(2,3)8(12)13/h7-8,16H,6H2,1-5H3. The number of rotatable bonds is 6. The third kappa shape index (κ3) is 3.31. The van der Waals surface area contributed by atoms with E-state index < -0.39 is 29.5 Å². The summed E-state index contributed by atoms with van der Waals surface area (Å²) in [5, 5.41) is 8.98. The first-order chi connectivity index (χ1) is 7.36. The number of aliphatic hydroxyl groups is 1. The second-order valence-electron chi connectivity index (χ2n) is 5.27. The highest BCUT2D eigenvalue weighted by atomic mass is 19.3. The number of hydrogen-bond donors (Lipinski definition) is 1. The first kappa shape index (κ1) is 16.6. The average molecular weight is 260 g/mol. The minimum absolute atomic E-state index is 0.331. The van der Waals surface area contributed by atoms with Crippen molar-refractivity contribution in [3.8, 4) is 0 Å². The molecule has 0 aromatic rings. The van der Waals surface area contributed by atoms with E-state index in [1.54, 1.807) is 0 Å². The quantitative estimate of drug-likeness (QED) is 0.744. The van der Waals surface area contributed by atoms with Gasteiger partial charge < -0.3 is 9.84 Å². The van der Waals surface area contributed by atoms with Gasteiger partial charge in [0, 0.05) is 0 Å². The second kappa shape index (κ2) is 5.10. The Bertz CT molecular complexity index is 250. The van der Waals surface area contributed by atoms with Crippen molar-refractivity contribution in [2.45, 2.75) is 58.7 Å². The Hall–Kier alpha value is -0.360. The van der Waals surface area contributed by atoms with Crippen molar-refractivity contribution in [2.75, 3.05) is 6.61 Å². The number of hydrogen-bond acceptors (Lipinski definition) is 2. The van der Waals surface area contributed by atoms with Crippen LogP contribution in [0.25, 0.3) is 0 Å². The van der Waals surface area contributed by atoms with Gasteiger partial charge in [-0.25, -0.2) is 17.6 Å². The number of alkyl halides is 4. The monoisotopic (exact) mass is 260 g/mol. The molecule has 104 valence electrons. The van der Waals surface area contributed by atoms with Crippen molar-refractivity contribution in [3.63, 3.8) is 0 Å². The van der Waals surface area contributed by atoms with Crippen LogP contribution >= 0.6 is 0 Å². The molecule has 0 heterocycles. The molecule has 0 fully saturated rings. The van der Waals surface area contributed by atoms with Gasteiger partial charge in [-0.05, 0) is 34.6 Å². The predicted octanol–water partition coefficient (Wildman–Crippen LogP) is 3.09. The summed E-state index contributed by atoms with van der Waals surface area (Å²) in [4.78, 5) is 0. The maximum atomic E-state index is 14.0. The van der Waals surface area contributed by atoms with E-state index >= 15 is 0 Å². The highest BCUT2D eigenvalue weighted by Gasteiger charge is 2.62. The Morgan fingerprint density at radius 3 is 1.82 bits per heavy atom. The summed E-state index contributed by atoms with van der Waals surface area (Å²) in [6.45, 7) is 4.71. The highest BCUT2D eigenvalue weighted by Crippen LogP contribution is 2.49. The van der Waals surface area contributed by atoms with Crippen LogP contribution in [-0.4, -0.2) is 35.8 Å². The molecule has 1 N–H and O–H groups in total. The Balaban J connectivity index is 5.01. The van der Waals surface area contributed by atoms with E-state index in [1.807, 2.05) is 0 Å². The van der Waals surface area contributed by atoms with Gasteiger partial charge in [0.15, 0.2) is 0 Å². The molecular weight excluding hydrogens is 240 g/mol. The van der Waals surface area contributed by atoms with Crippen LogP contribution in [0.3, 0.4) is 0 Å². The summed E-state index contributed by atoms with van der Waals surface area (Å²) in [7, 11) is 0. The van der Waals surface area contributed by atoms with Crippen LogP contribution in [0.4, 0.5) is 17.6 Å². The largest absolute Gasteiger partial charge is 0.391 e. The van der Waals surface area contributed by atoms with Crippen LogP contribution < -0.4 is 0 Å². The third-order valence-corrected chi connectivity index (χ3v) is 2.80. The lowest BCUT2D eigenvalue weighted by atomic mass is 9.77. The number of halogens is 4. The van der Waals surface area contributed by atoms with Gasteiger partial charge in [-0.1, -0.05) is 0 Å². The summed E-state index contributed by atoms with van der Waals surface area (Å²) in [6.07, 6.45) is -4.10. The van der Waals surface area contributed by atoms with Gasteiger partial charge in [-0.2, -0.15) is 0 Å². The first-order valence-electron chi connectivity index (χ1n) is 5.34. The Morgan fingerprint density at radius 1 is 1.12 bits per heavy atom. The fourth-order valence-corrected chi connectivity index (χ4v) is 1.33. The van der Waals surface area contributed by atoms with E-state index in [1.165, 1.54) is 6.92 Å². The van der Waals surface area contributed by atoms with Gasteiger partial charge >= 0.3 is 0 Å². The lowest BCUT2D eigenvalue weighted by Gasteiger charge is -2.43. The summed E-state index contributed by atoms with van der Waals surface area (Å²) in [6, 6.07) is 0. The van der Waals surface area contributed by atoms with Crippen molar-refractivity contribution < 1.29 is 27.4 Å². The van der Waals surface area contributed by atoms with Crippen molar-refractivity contribution in [3.05, 3.63) is 0 Å².